The van der Waals surface area contributed by atoms with Gasteiger partial charge in [0.25, 0.3) is 0 Å². The van der Waals surface area contributed by atoms with Crippen LogP contribution in [0.15, 0.2) is 54.6 Å². The maximum absolute atomic E-state index is 12.0. The van der Waals surface area contributed by atoms with Crippen molar-refractivity contribution in [3.8, 4) is 5.75 Å². The Hall–Kier alpha value is -2.34. The first-order valence-electron chi connectivity index (χ1n) is 6.40. The Labute approximate surface area is 122 Å². The van der Waals surface area contributed by atoms with Gasteiger partial charge in [-0.2, -0.15) is 0 Å². The second-order valence-corrected chi connectivity index (χ2v) is 6.48. The topological polar surface area (TPSA) is 61.2 Å². The van der Waals surface area contributed by atoms with Crippen molar-refractivity contribution in [2.45, 2.75) is 6.61 Å². The predicted molar refractivity (Wildman–Crippen MR) is 80.7 cm³/mol. The van der Waals surface area contributed by atoms with E-state index in [1.165, 1.54) is 3.97 Å². The lowest BCUT2D eigenvalue weighted by atomic mass is 10.3. The van der Waals surface area contributed by atoms with Crippen LogP contribution in [0.2, 0.25) is 0 Å². The zero-order valence-corrected chi connectivity index (χ0v) is 12.2. The Balaban J connectivity index is 2.02. The van der Waals surface area contributed by atoms with Crippen molar-refractivity contribution in [3.05, 3.63) is 60.4 Å². The summed E-state index contributed by atoms with van der Waals surface area (Å²) in [5.41, 5.74) is 1.20. The van der Waals surface area contributed by atoms with E-state index >= 15 is 0 Å². The van der Waals surface area contributed by atoms with Gasteiger partial charge in [0.15, 0.2) is 5.82 Å². The van der Waals surface area contributed by atoms with Gasteiger partial charge in [-0.15, -0.1) is 0 Å². The number of imidazole rings is 1. The molecule has 0 saturated heterocycles. The molecule has 0 aliphatic rings. The molecule has 108 valence electrons. The van der Waals surface area contributed by atoms with Crippen LogP contribution in [0.5, 0.6) is 5.75 Å². The summed E-state index contributed by atoms with van der Waals surface area (Å²) in [4.78, 5) is 4.35. The van der Waals surface area contributed by atoms with Crippen molar-refractivity contribution >= 4 is 21.1 Å². The van der Waals surface area contributed by atoms with Gasteiger partial charge in [0.05, 0.1) is 17.3 Å². The molecule has 1 heterocycles. The summed E-state index contributed by atoms with van der Waals surface area (Å²) in [5.74, 6) is 1.03. The number of para-hydroxylation sites is 3. The molecule has 5 nitrogen and oxygen atoms in total. The van der Waals surface area contributed by atoms with Gasteiger partial charge >= 0.3 is 0 Å². The highest BCUT2D eigenvalue weighted by molar-refractivity contribution is 7.89. The summed E-state index contributed by atoms with van der Waals surface area (Å²) in [6.45, 7) is 0.0891. The molecule has 0 saturated carbocycles. The highest BCUT2D eigenvalue weighted by Gasteiger charge is 2.18. The largest absolute Gasteiger partial charge is 0.486 e. The number of fused-ring (bicyclic) bond motifs is 1. The zero-order chi connectivity index (χ0) is 14.9. The molecular weight excluding hydrogens is 288 g/mol. The second kappa shape index (κ2) is 5.21. The van der Waals surface area contributed by atoms with Gasteiger partial charge in [-0.05, 0) is 24.3 Å². The number of hydrogen-bond acceptors (Lipinski definition) is 4. The fourth-order valence-electron chi connectivity index (χ4n) is 2.18. The van der Waals surface area contributed by atoms with Gasteiger partial charge in [-0.3, -0.25) is 0 Å². The molecule has 0 amide bonds. The highest BCUT2D eigenvalue weighted by atomic mass is 32.2. The van der Waals surface area contributed by atoms with Gasteiger partial charge in [-0.1, -0.05) is 30.3 Å². The van der Waals surface area contributed by atoms with E-state index in [2.05, 4.69) is 4.98 Å². The molecule has 0 N–H and O–H groups in total. The van der Waals surface area contributed by atoms with Crippen LogP contribution in [0.1, 0.15) is 5.82 Å². The molecule has 0 fully saturated rings. The Bertz CT molecular complexity index is 870. The first kappa shape index (κ1) is 13.6. The average molecular weight is 302 g/mol. The standard InChI is InChI=1S/C15H14N2O3S/c1-21(18,19)17-14-10-6-5-9-13(14)16-15(17)11-20-12-7-3-2-4-8-12/h2-10H,11H2,1H3. The molecular formula is C15H14N2O3S. The quantitative estimate of drug-likeness (QED) is 0.742. The van der Waals surface area contributed by atoms with Gasteiger partial charge in [0.2, 0.25) is 10.0 Å². The lowest BCUT2D eigenvalue weighted by molar-refractivity contribution is 0.295. The van der Waals surface area contributed by atoms with Crippen LogP contribution < -0.4 is 4.74 Å². The molecule has 21 heavy (non-hydrogen) atoms. The van der Waals surface area contributed by atoms with Crippen molar-refractivity contribution in [2.24, 2.45) is 0 Å². The minimum Gasteiger partial charge on any atom is -0.486 e. The molecule has 0 atom stereocenters. The van der Waals surface area contributed by atoms with Crippen molar-refractivity contribution in [3.63, 3.8) is 0 Å². The Kier molecular flexibility index (Phi) is 3.39. The second-order valence-electron chi connectivity index (χ2n) is 4.65. The maximum atomic E-state index is 12.0. The number of rotatable bonds is 4. The summed E-state index contributed by atoms with van der Waals surface area (Å²) in [6, 6.07) is 16.3. The van der Waals surface area contributed by atoms with Crippen LogP contribution in [-0.4, -0.2) is 23.6 Å². The number of benzene rings is 2. The Morgan fingerprint density at radius 2 is 1.71 bits per heavy atom. The van der Waals surface area contributed by atoms with E-state index in [4.69, 9.17) is 4.74 Å². The molecule has 2 aromatic carbocycles. The van der Waals surface area contributed by atoms with Crippen LogP contribution in [0, 0.1) is 0 Å². The van der Waals surface area contributed by atoms with E-state index in [-0.39, 0.29) is 6.61 Å². The third-order valence-electron chi connectivity index (χ3n) is 3.03. The lowest BCUT2D eigenvalue weighted by Gasteiger charge is -2.08. The molecule has 0 spiro atoms. The van der Waals surface area contributed by atoms with Crippen molar-refractivity contribution in [2.75, 3.05) is 6.26 Å². The fraction of sp³-hybridized carbons (Fsp3) is 0.133. The predicted octanol–water partition coefficient (Wildman–Crippen LogP) is 2.42. The third-order valence-corrected chi connectivity index (χ3v) is 4.10. The number of aromatic nitrogens is 2. The van der Waals surface area contributed by atoms with Crippen LogP contribution >= 0.6 is 0 Å². The molecule has 0 unspecified atom stereocenters. The summed E-state index contributed by atoms with van der Waals surface area (Å²) in [5, 5.41) is 0. The molecule has 6 heteroatoms. The molecule has 3 rings (SSSR count). The minimum absolute atomic E-state index is 0.0891. The Morgan fingerprint density at radius 1 is 1.05 bits per heavy atom. The summed E-state index contributed by atoms with van der Waals surface area (Å²) in [6.07, 6.45) is 1.16. The van der Waals surface area contributed by atoms with Crippen LogP contribution in [0.4, 0.5) is 0 Å². The molecule has 3 aromatic rings. The number of nitrogens with zero attached hydrogens (tertiary/aromatic N) is 2. The van der Waals surface area contributed by atoms with Gasteiger partial charge in [0.1, 0.15) is 12.4 Å². The molecule has 0 aliphatic carbocycles. The smallest absolute Gasteiger partial charge is 0.237 e. The first-order chi connectivity index (χ1) is 10.1. The van der Waals surface area contributed by atoms with E-state index in [1.807, 2.05) is 36.4 Å². The van der Waals surface area contributed by atoms with Crippen LogP contribution in [-0.2, 0) is 16.6 Å². The fourth-order valence-corrected chi connectivity index (χ4v) is 3.17. The highest BCUT2D eigenvalue weighted by Crippen LogP contribution is 2.19. The maximum Gasteiger partial charge on any atom is 0.237 e. The van der Waals surface area contributed by atoms with Crippen LogP contribution in [0.3, 0.4) is 0 Å². The van der Waals surface area contributed by atoms with Crippen LogP contribution in [0.25, 0.3) is 11.0 Å². The monoisotopic (exact) mass is 302 g/mol. The SMILES string of the molecule is CS(=O)(=O)n1c(COc2ccccc2)nc2ccccc21. The number of hydrogen-bond donors (Lipinski definition) is 0. The molecule has 1 aromatic heterocycles. The third kappa shape index (κ3) is 2.75. The van der Waals surface area contributed by atoms with E-state index in [9.17, 15) is 8.42 Å². The average Bonchev–Trinajstić information content (AvgIpc) is 2.84. The van der Waals surface area contributed by atoms with Gasteiger partial charge < -0.3 is 4.74 Å². The molecule has 0 bridgehead atoms. The van der Waals surface area contributed by atoms with Crippen molar-refractivity contribution in [1.29, 1.82) is 0 Å². The van der Waals surface area contributed by atoms with Crippen molar-refractivity contribution in [1.82, 2.24) is 8.96 Å². The lowest BCUT2D eigenvalue weighted by Crippen LogP contribution is -2.15. The minimum atomic E-state index is -3.45. The zero-order valence-electron chi connectivity index (χ0n) is 11.4. The first-order valence-corrected chi connectivity index (χ1v) is 8.25. The van der Waals surface area contributed by atoms with Gasteiger partial charge in [0, 0.05) is 0 Å². The normalized spacial score (nSPS) is 11.7. The summed E-state index contributed by atoms with van der Waals surface area (Å²) in [7, 11) is -3.45. The van der Waals surface area contributed by atoms with E-state index in [0.29, 0.717) is 22.6 Å². The Morgan fingerprint density at radius 3 is 2.43 bits per heavy atom. The van der Waals surface area contributed by atoms with E-state index in [1.54, 1.807) is 18.2 Å². The molecule has 0 aliphatic heterocycles. The summed E-state index contributed by atoms with van der Waals surface area (Å²) < 4.78 is 30.9. The van der Waals surface area contributed by atoms with E-state index in [0.717, 1.165) is 6.26 Å². The number of ether oxygens (including phenoxy) is 1. The van der Waals surface area contributed by atoms with Gasteiger partial charge in [-0.25, -0.2) is 17.4 Å². The summed E-state index contributed by atoms with van der Waals surface area (Å²) >= 11 is 0. The van der Waals surface area contributed by atoms with E-state index < -0.39 is 10.0 Å². The van der Waals surface area contributed by atoms with Crippen molar-refractivity contribution < 1.29 is 13.2 Å². The molecule has 0 radical (unpaired) electrons.